The van der Waals surface area contributed by atoms with Gasteiger partial charge in [-0.05, 0) is 0 Å². The van der Waals surface area contributed by atoms with Crippen LogP contribution >= 0.6 is 0 Å². The maximum Gasteiger partial charge on any atom is 0.251 e. The Bertz CT molecular complexity index is 768. The number of oxime groups is 1. The lowest BCUT2D eigenvalue weighted by Crippen LogP contribution is -3.00. The van der Waals surface area contributed by atoms with E-state index in [4.69, 9.17) is 5.21 Å². The number of nitrogens with zero attached hydrogens (tertiary/aromatic N) is 3. The zero-order valence-corrected chi connectivity index (χ0v) is 20.8. The second kappa shape index (κ2) is 13.0. The summed E-state index contributed by atoms with van der Waals surface area (Å²) in [5.74, 6) is -0.119. The molecule has 0 fully saturated rings. The molecule has 1 amide bonds. The Balaban J connectivity index is 0.00000364. The Hall–Kier alpha value is -1.27. The lowest BCUT2D eigenvalue weighted by Gasteiger charge is -2.30. The second-order valence-electron chi connectivity index (χ2n) is 7.11. The first-order valence-electron chi connectivity index (χ1n) is 8.72. The molecule has 0 unspecified atom stereocenters. The highest BCUT2D eigenvalue weighted by atomic mass is 127. The fraction of sp³-hybridized carbons (Fsp3) is 0.350. The van der Waals surface area contributed by atoms with E-state index in [1.165, 1.54) is 11.8 Å². The second-order valence-corrected chi connectivity index (χ2v) is 7.11. The number of nitrogens with one attached hydrogen (secondary N) is 1. The number of rotatable bonds is 8. The Morgan fingerprint density at radius 1 is 1.21 bits per heavy atom. The van der Waals surface area contributed by atoms with Crippen molar-refractivity contribution in [1.29, 1.82) is 0 Å². The number of amides is 1. The Kier molecular flexibility index (Phi) is 12.5. The maximum atomic E-state index is 12.3. The number of aryl methyl sites for hydroxylation is 1. The molecule has 8 heteroatoms. The molecule has 0 spiro atoms. The lowest BCUT2D eigenvalue weighted by atomic mass is 10.2. The standard InChI is InChI=1S/C20H26N4O2.2HI/c1-23-12-10-18(14-19(23)15-22-26)20(25)21-11-7-13-24(2,3)16-17-8-5-4-6-9-17;;/h4-6,8-10,12,14-15H,7,11,13,16H2,1-3H3;2*1H. The summed E-state index contributed by atoms with van der Waals surface area (Å²) in [5.41, 5.74) is 2.52. The number of benzene rings is 1. The third-order valence-corrected chi connectivity index (χ3v) is 4.32. The van der Waals surface area contributed by atoms with E-state index in [9.17, 15) is 4.79 Å². The minimum absolute atomic E-state index is 0. The largest absolute Gasteiger partial charge is 1.00 e. The zero-order chi connectivity index (χ0) is 19.0. The van der Waals surface area contributed by atoms with E-state index >= 15 is 0 Å². The van der Waals surface area contributed by atoms with Crippen LogP contribution in [0.3, 0.4) is 0 Å². The molecule has 0 bridgehead atoms. The van der Waals surface area contributed by atoms with Gasteiger partial charge in [-0.25, -0.2) is 4.57 Å². The Morgan fingerprint density at radius 2 is 1.89 bits per heavy atom. The van der Waals surface area contributed by atoms with Crippen molar-refractivity contribution in [3.05, 3.63) is 65.5 Å². The first kappa shape index (κ1) is 26.7. The van der Waals surface area contributed by atoms with Gasteiger partial charge in [0.25, 0.3) is 5.91 Å². The fourth-order valence-electron chi connectivity index (χ4n) is 2.88. The molecule has 1 aromatic heterocycles. The number of carbonyl (C=O) groups is 1. The van der Waals surface area contributed by atoms with Crippen molar-refractivity contribution in [3.8, 4) is 0 Å². The summed E-state index contributed by atoms with van der Waals surface area (Å²) in [6.45, 7) is 2.56. The van der Waals surface area contributed by atoms with Crippen LogP contribution in [0.2, 0.25) is 0 Å². The van der Waals surface area contributed by atoms with E-state index in [0.717, 1.165) is 24.0 Å². The maximum absolute atomic E-state index is 12.3. The van der Waals surface area contributed by atoms with Gasteiger partial charge in [-0.1, -0.05) is 35.5 Å². The van der Waals surface area contributed by atoms with Crippen LogP contribution in [0, 0.1) is 0 Å². The van der Waals surface area contributed by atoms with Crippen LogP contribution in [-0.2, 0) is 13.6 Å². The predicted molar refractivity (Wildman–Crippen MR) is 101 cm³/mol. The summed E-state index contributed by atoms with van der Waals surface area (Å²) in [5, 5.41) is 14.7. The van der Waals surface area contributed by atoms with Crippen molar-refractivity contribution in [2.45, 2.75) is 13.0 Å². The summed E-state index contributed by atoms with van der Waals surface area (Å²) in [7, 11) is 6.23. The normalized spacial score (nSPS) is 10.8. The van der Waals surface area contributed by atoms with Crippen LogP contribution in [0.1, 0.15) is 28.0 Å². The molecular weight excluding hydrogens is 582 g/mol. The first-order valence-corrected chi connectivity index (χ1v) is 8.72. The van der Waals surface area contributed by atoms with Gasteiger partial charge in [0.1, 0.15) is 19.8 Å². The molecule has 0 aliphatic carbocycles. The molecule has 1 heterocycles. The molecule has 0 atom stereocenters. The van der Waals surface area contributed by atoms with Crippen LogP contribution in [-0.4, -0.2) is 49.0 Å². The minimum atomic E-state index is -0.119. The topological polar surface area (TPSA) is 65.6 Å². The number of hydrogen-bond acceptors (Lipinski definition) is 3. The van der Waals surface area contributed by atoms with Crippen LogP contribution in [0.25, 0.3) is 0 Å². The molecule has 154 valence electrons. The number of halogens is 2. The van der Waals surface area contributed by atoms with Crippen LogP contribution in [0.15, 0.2) is 53.8 Å². The summed E-state index contributed by atoms with van der Waals surface area (Å²) in [4.78, 5) is 12.3. The minimum Gasteiger partial charge on any atom is -1.00 e. The van der Waals surface area contributed by atoms with Gasteiger partial charge in [0.2, 0.25) is 5.69 Å². The van der Waals surface area contributed by atoms with Crippen LogP contribution in [0.5, 0.6) is 0 Å². The van der Waals surface area contributed by atoms with Crippen LogP contribution in [0.4, 0.5) is 0 Å². The molecule has 0 saturated heterocycles. The van der Waals surface area contributed by atoms with Gasteiger partial charge >= 0.3 is 0 Å². The molecule has 0 saturated carbocycles. The third kappa shape index (κ3) is 8.82. The van der Waals surface area contributed by atoms with Crippen LogP contribution < -0.4 is 57.8 Å². The number of hydrogen-bond donors (Lipinski definition) is 2. The van der Waals surface area contributed by atoms with Crippen molar-refractivity contribution in [3.63, 3.8) is 0 Å². The van der Waals surface area contributed by atoms with E-state index in [-0.39, 0.29) is 53.9 Å². The SMILES string of the molecule is C[n+]1ccc(C(=O)NCCC[N+](C)(C)Cc2ccccc2)cc1/C=N/O.[I-].[I-]. The molecule has 0 radical (unpaired) electrons. The Labute approximate surface area is 201 Å². The van der Waals surface area contributed by atoms with Gasteiger partial charge in [0.05, 0.1) is 26.2 Å². The molecule has 2 N–H and O–H groups in total. The monoisotopic (exact) mass is 610 g/mol. The van der Waals surface area contributed by atoms with Gasteiger partial charge in [-0.15, -0.1) is 0 Å². The van der Waals surface area contributed by atoms with E-state index in [0.29, 0.717) is 17.8 Å². The fourth-order valence-corrected chi connectivity index (χ4v) is 2.88. The average Bonchev–Trinajstić information content (AvgIpc) is 2.61. The van der Waals surface area contributed by atoms with Gasteiger partial charge in [0.15, 0.2) is 6.20 Å². The molecule has 0 aliphatic rings. The highest BCUT2D eigenvalue weighted by molar-refractivity contribution is 5.95. The van der Waals surface area contributed by atoms with Crippen molar-refractivity contribution in [2.75, 3.05) is 27.2 Å². The quantitative estimate of drug-likeness (QED) is 0.0606. The lowest BCUT2D eigenvalue weighted by molar-refractivity contribution is -0.903. The van der Waals surface area contributed by atoms with Crippen molar-refractivity contribution < 1.29 is 67.0 Å². The summed E-state index contributed by atoms with van der Waals surface area (Å²) >= 11 is 0. The number of quaternary nitrogens is 1. The van der Waals surface area contributed by atoms with E-state index in [1.807, 2.05) is 13.1 Å². The first-order chi connectivity index (χ1) is 12.4. The van der Waals surface area contributed by atoms with E-state index in [2.05, 4.69) is 48.8 Å². The van der Waals surface area contributed by atoms with E-state index in [1.54, 1.807) is 22.9 Å². The molecule has 1 aromatic carbocycles. The van der Waals surface area contributed by atoms with Gasteiger partial charge < -0.3 is 63.0 Å². The molecular formula is C20H28I2N4O2. The third-order valence-electron chi connectivity index (χ3n) is 4.32. The highest BCUT2D eigenvalue weighted by Gasteiger charge is 2.16. The molecule has 0 aliphatic heterocycles. The number of aromatic nitrogens is 1. The smallest absolute Gasteiger partial charge is 0.251 e. The number of pyridine rings is 1. The van der Waals surface area contributed by atoms with Crippen molar-refractivity contribution >= 4 is 12.1 Å². The van der Waals surface area contributed by atoms with Gasteiger partial charge in [-0.3, -0.25) is 4.79 Å². The average molecular weight is 610 g/mol. The molecule has 6 nitrogen and oxygen atoms in total. The molecule has 2 aromatic rings. The van der Waals surface area contributed by atoms with Crippen molar-refractivity contribution in [2.24, 2.45) is 12.2 Å². The highest BCUT2D eigenvalue weighted by Crippen LogP contribution is 2.09. The Morgan fingerprint density at radius 3 is 2.54 bits per heavy atom. The van der Waals surface area contributed by atoms with E-state index < -0.39 is 0 Å². The number of carbonyl (C=O) groups excluding carboxylic acids is 1. The zero-order valence-electron chi connectivity index (χ0n) is 16.5. The summed E-state index contributed by atoms with van der Waals surface area (Å²) < 4.78 is 2.65. The molecule has 28 heavy (non-hydrogen) atoms. The van der Waals surface area contributed by atoms with Gasteiger partial charge in [0, 0.05) is 30.7 Å². The summed E-state index contributed by atoms with van der Waals surface area (Å²) in [6.07, 6.45) is 3.98. The predicted octanol–water partition coefficient (Wildman–Crippen LogP) is -4.28. The molecule has 2 rings (SSSR count). The summed E-state index contributed by atoms with van der Waals surface area (Å²) in [6, 6.07) is 13.9. The van der Waals surface area contributed by atoms with Crippen molar-refractivity contribution in [1.82, 2.24) is 5.32 Å². The van der Waals surface area contributed by atoms with Gasteiger partial charge in [-0.2, -0.15) is 0 Å².